The van der Waals surface area contributed by atoms with Gasteiger partial charge in [0.05, 0.1) is 31.2 Å². The SMILES string of the molecule is CC1CN(CC2CCCN2CC(=O)N(CCC#N)C(C)C)CC(C)O1. The largest absolute Gasteiger partial charge is 0.373 e. The van der Waals surface area contributed by atoms with E-state index in [1.54, 1.807) is 0 Å². The molecular formula is C19H34N4O2. The molecule has 0 aromatic heterocycles. The number of nitriles is 1. The van der Waals surface area contributed by atoms with E-state index < -0.39 is 0 Å². The Balaban J connectivity index is 1.89. The van der Waals surface area contributed by atoms with Crippen LogP contribution in [-0.2, 0) is 9.53 Å². The van der Waals surface area contributed by atoms with Gasteiger partial charge in [-0.2, -0.15) is 5.26 Å². The topological polar surface area (TPSA) is 59.8 Å². The Labute approximate surface area is 152 Å². The molecule has 6 nitrogen and oxygen atoms in total. The summed E-state index contributed by atoms with van der Waals surface area (Å²) in [5.41, 5.74) is 0. The molecule has 3 atom stereocenters. The van der Waals surface area contributed by atoms with Crippen LogP contribution in [0, 0.1) is 11.3 Å². The monoisotopic (exact) mass is 350 g/mol. The first-order chi connectivity index (χ1) is 11.9. The predicted molar refractivity (Wildman–Crippen MR) is 98.1 cm³/mol. The Morgan fingerprint density at radius 1 is 1.32 bits per heavy atom. The summed E-state index contributed by atoms with van der Waals surface area (Å²) in [4.78, 5) is 19.4. The van der Waals surface area contributed by atoms with E-state index in [1.807, 2.05) is 18.7 Å². The van der Waals surface area contributed by atoms with Gasteiger partial charge in [0.1, 0.15) is 0 Å². The molecular weight excluding hydrogens is 316 g/mol. The summed E-state index contributed by atoms with van der Waals surface area (Å²) < 4.78 is 5.83. The van der Waals surface area contributed by atoms with Crippen molar-refractivity contribution in [1.29, 1.82) is 5.26 Å². The number of ether oxygens (including phenoxy) is 1. The molecule has 2 aliphatic heterocycles. The Morgan fingerprint density at radius 2 is 2.00 bits per heavy atom. The number of hydrogen-bond acceptors (Lipinski definition) is 5. The Kier molecular flexibility index (Phi) is 7.67. The summed E-state index contributed by atoms with van der Waals surface area (Å²) in [6.07, 6.45) is 3.28. The fraction of sp³-hybridized carbons (Fsp3) is 0.895. The molecule has 0 aliphatic carbocycles. The summed E-state index contributed by atoms with van der Waals surface area (Å²) in [5.74, 6) is 0.154. The van der Waals surface area contributed by atoms with Crippen LogP contribution in [0.15, 0.2) is 0 Å². The van der Waals surface area contributed by atoms with E-state index in [2.05, 4.69) is 29.7 Å². The van der Waals surface area contributed by atoms with Gasteiger partial charge < -0.3 is 9.64 Å². The second-order valence-corrected chi connectivity index (χ2v) is 7.83. The van der Waals surface area contributed by atoms with Gasteiger partial charge in [-0.05, 0) is 47.1 Å². The fourth-order valence-electron chi connectivity index (χ4n) is 4.15. The third-order valence-corrected chi connectivity index (χ3v) is 5.21. The van der Waals surface area contributed by atoms with Gasteiger partial charge in [-0.25, -0.2) is 0 Å². The Bertz CT molecular complexity index is 467. The zero-order valence-electron chi connectivity index (χ0n) is 16.3. The smallest absolute Gasteiger partial charge is 0.237 e. The third kappa shape index (κ3) is 5.95. The summed E-state index contributed by atoms with van der Waals surface area (Å²) >= 11 is 0. The van der Waals surface area contributed by atoms with Crippen LogP contribution in [0.1, 0.15) is 47.0 Å². The van der Waals surface area contributed by atoms with Gasteiger partial charge in [-0.15, -0.1) is 0 Å². The first-order valence-corrected chi connectivity index (χ1v) is 9.69. The Hall–Kier alpha value is -1.16. The molecule has 0 N–H and O–H groups in total. The highest BCUT2D eigenvalue weighted by molar-refractivity contribution is 5.78. The van der Waals surface area contributed by atoms with Crippen molar-refractivity contribution < 1.29 is 9.53 Å². The van der Waals surface area contributed by atoms with Gasteiger partial charge in [-0.3, -0.25) is 14.6 Å². The third-order valence-electron chi connectivity index (χ3n) is 5.21. The lowest BCUT2D eigenvalue weighted by Crippen LogP contribution is -2.51. The van der Waals surface area contributed by atoms with Gasteiger partial charge in [0.2, 0.25) is 5.91 Å². The van der Waals surface area contributed by atoms with Gasteiger partial charge in [0.15, 0.2) is 0 Å². The van der Waals surface area contributed by atoms with Crippen molar-refractivity contribution in [3.8, 4) is 6.07 Å². The Morgan fingerprint density at radius 3 is 2.60 bits per heavy atom. The molecule has 3 unspecified atom stereocenters. The molecule has 0 aromatic rings. The van der Waals surface area contributed by atoms with E-state index in [4.69, 9.17) is 10.00 Å². The van der Waals surface area contributed by atoms with Crippen molar-refractivity contribution in [2.45, 2.75) is 71.2 Å². The van der Waals surface area contributed by atoms with E-state index in [1.165, 1.54) is 0 Å². The van der Waals surface area contributed by atoms with Crippen LogP contribution in [0.2, 0.25) is 0 Å². The molecule has 0 spiro atoms. The molecule has 1 amide bonds. The zero-order valence-corrected chi connectivity index (χ0v) is 16.3. The highest BCUT2D eigenvalue weighted by Gasteiger charge is 2.31. The fourth-order valence-corrected chi connectivity index (χ4v) is 4.15. The number of rotatable bonds is 7. The van der Waals surface area contributed by atoms with Gasteiger partial charge >= 0.3 is 0 Å². The molecule has 2 rings (SSSR count). The minimum atomic E-state index is 0.142. The van der Waals surface area contributed by atoms with Crippen molar-refractivity contribution in [3.05, 3.63) is 0 Å². The molecule has 2 saturated heterocycles. The van der Waals surface area contributed by atoms with Gasteiger partial charge in [0.25, 0.3) is 0 Å². The molecule has 2 fully saturated rings. The maximum atomic E-state index is 12.7. The first kappa shape index (κ1) is 20.2. The molecule has 0 radical (unpaired) electrons. The molecule has 2 heterocycles. The number of amides is 1. The van der Waals surface area contributed by atoms with Crippen LogP contribution >= 0.6 is 0 Å². The van der Waals surface area contributed by atoms with E-state index >= 15 is 0 Å². The van der Waals surface area contributed by atoms with Gasteiger partial charge in [0, 0.05) is 38.3 Å². The normalized spacial score (nSPS) is 28.2. The summed E-state index contributed by atoms with van der Waals surface area (Å²) in [6, 6.07) is 2.74. The highest BCUT2D eigenvalue weighted by Crippen LogP contribution is 2.21. The quantitative estimate of drug-likeness (QED) is 0.699. The zero-order chi connectivity index (χ0) is 18.4. The molecule has 0 bridgehead atoms. The average Bonchev–Trinajstić information content (AvgIpc) is 2.93. The second-order valence-electron chi connectivity index (χ2n) is 7.83. The van der Waals surface area contributed by atoms with Crippen LogP contribution in [0.5, 0.6) is 0 Å². The lowest BCUT2D eigenvalue weighted by molar-refractivity contribution is -0.134. The standard InChI is InChI=1S/C19H34N4O2/c1-15(2)23(10-6-8-20)19(24)14-22-9-5-7-18(22)13-21-11-16(3)25-17(4)12-21/h15-18H,5-7,9-14H2,1-4H3. The van der Waals surface area contributed by atoms with E-state index in [0.29, 0.717) is 25.6 Å². The molecule has 142 valence electrons. The van der Waals surface area contributed by atoms with Crippen LogP contribution in [0.25, 0.3) is 0 Å². The first-order valence-electron chi connectivity index (χ1n) is 9.69. The summed E-state index contributed by atoms with van der Waals surface area (Å²) in [5, 5.41) is 8.82. The maximum Gasteiger partial charge on any atom is 0.237 e. The molecule has 0 aromatic carbocycles. The van der Waals surface area contributed by atoms with Crippen LogP contribution < -0.4 is 0 Å². The number of likely N-dealkylation sites (tertiary alicyclic amines) is 1. The number of hydrogen-bond donors (Lipinski definition) is 0. The van der Waals surface area contributed by atoms with Crippen molar-refractivity contribution in [2.24, 2.45) is 0 Å². The van der Waals surface area contributed by atoms with Gasteiger partial charge in [-0.1, -0.05) is 0 Å². The minimum absolute atomic E-state index is 0.142. The second kappa shape index (κ2) is 9.51. The maximum absolute atomic E-state index is 12.7. The number of morpholine rings is 1. The number of carbonyl (C=O) groups is 1. The molecule has 25 heavy (non-hydrogen) atoms. The van der Waals surface area contributed by atoms with E-state index in [-0.39, 0.29) is 24.2 Å². The molecule has 6 heteroatoms. The van der Waals surface area contributed by atoms with Crippen LogP contribution in [0.3, 0.4) is 0 Å². The lowest BCUT2D eigenvalue weighted by atomic mass is 10.1. The minimum Gasteiger partial charge on any atom is -0.373 e. The van der Waals surface area contributed by atoms with Crippen LogP contribution in [-0.4, -0.2) is 84.2 Å². The summed E-state index contributed by atoms with van der Waals surface area (Å²) in [7, 11) is 0. The summed E-state index contributed by atoms with van der Waals surface area (Å²) in [6.45, 7) is 13.3. The average molecular weight is 351 g/mol. The van der Waals surface area contributed by atoms with E-state index in [0.717, 1.165) is 39.0 Å². The molecule has 0 saturated carbocycles. The highest BCUT2D eigenvalue weighted by atomic mass is 16.5. The predicted octanol–water partition coefficient (Wildman–Crippen LogP) is 1.71. The van der Waals surface area contributed by atoms with Crippen molar-refractivity contribution in [1.82, 2.24) is 14.7 Å². The van der Waals surface area contributed by atoms with Crippen LogP contribution in [0.4, 0.5) is 0 Å². The number of nitrogens with zero attached hydrogens (tertiary/aromatic N) is 4. The number of carbonyl (C=O) groups excluding carboxylic acids is 1. The van der Waals surface area contributed by atoms with Crippen molar-refractivity contribution in [2.75, 3.05) is 39.3 Å². The van der Waals surface area contributed by atoms with Crippen molar-refractivity contribution in [3.63, 3.8) is 0 Å². The van der Waals surface area contributed by atoms with Crippen molar-refractivity contribution >= 4 is 5.91 Å². The molecule has 2 aliphatic rings. The van der Waals surface area contributed by atoms with E-state index in [9.17, 15) is 4.79 Å². The lowest BCUT2D eigenvalue weighted by Gasteiger charge is -2.38.